The molecule has 2 fully saturated rings. The number of carbonyl (C=O) groups is 3. The number of hydrogen-bond donors (Lipinski definition) is 5. The van der Waals surface area contributed by atoms with Crippen molar-refractivity contribution in [2.45, 2.75) is 93.2 Å². The van der Waals surface area contributed by atoms with Gasteiger partial charge in [-0.15, -0.1) is 0 Å². The number of Topliss-reactive ketones (excluding diaryl/α,β-unsaturated/α-hetero) is 1. The van der Waals surface area contributed by atoms with Crippen LogP contribution < -0.4 is 20.6 Å². The van der Waals surface area contributed by atoms with Crippen molar-refractivity contribution in [1.29, 1.82) is 0 Å². The minimum absolute atomic E-state index is 0.0552. The molecule has 0 radical (unpaired) electrons. The summed E-state index contributed by atoms with van der Waals surface area (Å²) < 4.78 is 53.2. The number of piperidine rings is 2. The molecule has 0 bridgehead atoms. The lowest BCUT2D eigenvalue weighted by atomic mass is 9.90. The SMILES string of the molecule is Cc1ccc(NS(C)(=O)=O)c(C(=O)N2CCC(C)CC2c2cc3nc(C)c(C)c(=O)n3[nH]2)c1.Cc1ccc(NS(C)(=O)=O)c(C(=O)O)c1.Cc1nc2cc(C3CC(C)CCN3CC(=O)c3ccccc3)[nH]n2c(=O)c1C. The molecule has 22 heteroatoms. The maximum absolute atomic E-state index is 13.7. The first-order valence-corrected chi connectivity index (χ1v) is 28.7. The topological polar surface area (TPSA) is 271 Å². The molecule has 1 amide bonds. The van der Waals surface area contributed by atoms with Crippen molar-refractivity contribution in [3.8, 4) is 0 Å². The normalized spacial score (nSPS) is 18.1. The van der Waals surface area contributed by atoms with E-state index in [1.54, 1.807) is 56.9 Å². The average molecular weight is 1080 g/mol. The number of sulfonamides is 2. The van der Waals surface area contributed by atoms with Gasteiger partial charge in [-0.25, -0.2) is 40.6 Å². The summed E-state index contributed by atoms with van der Waals surface area (Å²) in [5, 5.41) is 15.3. The predicted octanol–water partition coefficient (Wildman–Crippen LogP) is 7.29. The van der Waals surface area contributed by atoms with Gasteiger partial charge >= 0.3 is 5.97 Å². The highest BCUT2D eigenvalue weighted by Gasteiger charge is 2.35. The number of rotatable bonds is 11. The van der Waals surface area contributed by atoms with Gasteiger partial charge in [-0.05, 0) is 110 Å². The molecular weight excluding hydrogens is 1010 g/mol. The third-order valence-electron chi connectivity index (χ3n) is 13.9. The van der Waals surface area contributed by atoms with Gasteiger partial charge in [0.05, 0.1) is 65.0 Å². The maximum atomic E-state index is 13.7. The minimum Gasteiger partial charge on any atom is -0.478 e. The summed E-state index contributed by atoms with van der Waals surface area (Å²) >= 11 is 0. The van der Waals surface area contributed by atoms with Crippen molar-refractivity contribution in [2.75, 3.05) is 41.6 Å². The van der Waals surface area contributed by atoms with E-state index >= 15 is 0 Å². The van der Waals surface area contributed by atoms with Crippen LogP contribution in [0.4, 0.5) is 11.4 Å². The van der Waals surface area contributed by atoms with Crippen LogP contribution in [0.2, 0.25) is 0 Å². The fourth-order valence-corrected chi connectivity index (χ4v) is 10.7. The number of aromatic carboxylic acids is 1. The van der Waals surface area contributed by atoms with Crippen molar-refractivity contribution in [3.05, 3.63) is 161 Å². The molecule has 404 valence electrons. The summed E-state index contributed by atoms with van der Waals surface area (Å²) in [6, 6.07) is 22.5. The summed E-state index contributed by atoms with van der Waals surface area (Å²) in [5.74, 6) is -0.353. The zero-order valence-corrected chi connectivity index (χ0v) is 46.0. The number of aromatic nitrogens is 6. The quantitative estimate of drug-likeness (QED) is 0.0797. The zero-order valence-electron chi connectivity index (χ0n) is 44.4. The van der Waals surface area contributed by atoms with Crippen LogP contribution in [0, 0.1) is 53.4 Å². The molecular formula is C54H66N10O10S2. The van der Waals surface area contributed by atoms with Gasteiger partial charge in [-0.1, -0.05) is 67.4 Å². The van der Waals surface area contributed by atoms with Crippen LogP contribution in [-0.4, -0.2) is 111 Å². The van der Waals surface area contributed by atoms with Crippen LogP contribution in [0.5, 0.6) is 0 Å². The molecule has 6 heterocycles. The number of amides is 1. The van der Waals surface area contributed by atoms with E-state index in [1.165, 1.54) is 21.2 Å². The number of anilines is 2. The molecule has 20 nitrogen and oxygen atoms in total. The lowest BCUT2D eigenvalue weighted by molar-refractivity contribution is 0.0552. The van der Waals surface area contributed by atoms with Gasteiger partial charge in [0.1, 0.15) is 0 Å². The Hall–Kier alpha value is -7.43. The van der Waals surface area contributed by atoms with E-state index in [9.17, 15) is 40.8 Å². The number of likely N-dealkylation sites (tertiary alicyclic amines) is 2. The van der Waals surface area contributed by atoms with Crippen LogP contribution in [-0.2, 0) is 20.0 Å². The number of carboxylic acids is 1. The van der Waals surface area contributed by atoms with Crippen LogP contribution in [0.25, 0.3) is 11.3 Å². The second-order valence-corrected chi connectivity index (χ2v) is 23.8. The largest absolute Gasteiger partial charge is 0.478 e. The van der Waals surface area contributed by atoms with Crippen LogP contribution in [0.1, 0.15) is 128 Å². The van der Waals surface area contributed by atoms with Crippen molar-refractivity contribution in [3.63, 3.8) is 0 Å². The molecule has 0 aliphatic carbocycles. The van der Waals surface area contributed by atoms with Crippen LogP contribution in [0.15, 0.2) is 88.5 Å². The lowest BCUT2D eigenvalue weighted by Gasteiger charge is -2.38. The molecule has 76 heavy (non-hydrogen) atoms. The molecule has 0 spiro atoms. The Kier molecular flexibility index (Phi) is 16.9. The Morgan fingerprint density at radius 1 is 0.645 bits per heavy atom. The number of carbonyl (C=O) groups excluding carboxylic acids is 2. The fourth-order valence-electron chi connectivity index (χ4n) is 9.50. The highest BCUT2D eigenvalue weighted by atomic mass is 32.2. The first kappa shape index (κ1) is 56.3. The van der Waals surface area contributed by atoms with Gasteiger partial charge in [-0.2, -0.15) is 0 Å². The number of aryl methyl sites for hydroxylation is 4. The summed E-state index contributed by atoms with van der Waals surface area (Å²) in [7, 11) is -7.01. The van der Waals surface area contributed by atoms with Gasteiger partial charge < -0.3 is 10.0 Å². The van der Waals surface area contributed by atoms with E-state index in [2.05, 4.69) is 48.4 Å². The number of nitrogens with zero attached hydrogens (tertiary/aromatic N) is 6. The van der Waals surface area contributed by atoms with Gasteiger partial charge in [0.25, 0.3) is 17.0 Å². The van der Waals surface area contributed by atoms with E-state index in [0.717, 1.165) is 72.1 Å². The average Bonchev–Trinajstić information content (AvgIpc) is 4.00. The zero-order chi connectivity index (χ0) is 55.6. The molecule has 7 aromatic rings. The Balaban J connectivity index is 0.000000177. The van der Waals surface area contributed by atoms with E-state index in [4.69, 9.17) is 5.11 Å². The Morgan fingerprint density at radius 3 is 1.61 bits per heavy atom. The van der Waals surface area contributed by atoms with Gasteiger partial charge in [0, 0.05) is 46.8 Å². The highest BCUT2D eigenvalue weighted by molar-refractivity contribution is 7.92. The third kappa shape index (κ3) is 13.3. The number of aromatic amines is 2. The number of carboxylic acid groups (broad SMARTS) is 1. The molecule has 4 unspecified atom stereocenters. The molecule has 2 aliphatic heterocycles. The van der Waals surface area contributed by atoms with E-state index in [1.807, 2.05) is 56.3 Å². The molecule has 9 rings (SSSR count). The smallest absolute Gasteiger partial charge is 0.337 e. The molecule has 2 aliphatic rings. The van der Waals surface area contributed by atoms with E-state index < -0.39 is 26.0 Å². The highest BCUT2D eigenvalue weighted by Crippen LogP contribution is 2.37. The maximum Gasteiger partial charge on any atom is 0.337 e. The summed E-state index contributed by atoms with van der Waals surface area (Å²) in [4.78, 5) is 75.7. The number of hydrogen-bond acceptors (Lipinski definition) is 12. The number of benzene rings is 3. The van der Waals surface area contributed by atoms with Crippen molar-refractivity contribution in [1.82, 2.24) is 39.0 Å². The van der Waals surface area contributed by atoms with Crippen LogP contribution in [0.3, 0.4) is 0 Å². The molecule has 5 N–H and O–H groups in total. The Morgan fingerprint density at radius 2 is 1.11 bits per heavy atom. The van der Waals surface area contributed by atoms with E-state index in [-0.39, 0.29) is 51.8 Å². The molecule has 4 aromatic heterocycles. The molecule has 4 atom stereocenters. The van der Waals surface area contributed by atoms with Crippen LogP contribution >= 0.6 is 0 Å². The fraction of sp³-hybridized carbons (Fsp3) is 0.389. The Bertz CT molecular complexity index is 3700. The van der Waals surface area contributed by atoms with Gasteiger partial charge in [-0.3, -0.25) is 43.7 Å². The molecule has 0 saturated carbocycles. The van der Waals surface area contributed by atoms with Gasteiger partial charge in [0.2, 0.25) is 20.0 Å². The Labute approximate surface area is 441 Å². The van der Waals surface area contributed by atoms with Crippen molar-refractivity contribution >= 4 is 60.4 Å². The number of H-pyrrole nitrogens is 2. The van der Waals surface area contributed by atoms with Crippen molar-refractivity contribution < 1.29 is 36.3 Å². The monoisotopic (exact) mass is 1080 g/mol. The summed E-state index contributed by atoms with van der Waals surface area (Å²) in [6.07, 6.45) is 5.59. The van der Waals surface area contributed by atoms with Crippen molar-refractivity contribution in [2.24, 2.45) is 11.8 Å². The first-order valence-electron chi connectivity index (χ1n) is 24.9. The second-order valence-electron chi connectivity index (χ2n) is 20.3. The third-order valence-corrected chi connectivity index (χ3v) is 15.1. The first-order chi connectivity index (χ1) is 35.7. The molecule has 3 aromatic carbocycles. The summed E-state index contributed by atoms with van der Waals surface area (Å²) in [5.41, 5.74) is 8.18. The molecule has 2 saturated heterocycles. The van der Waals surface area contributed by atoms with E-state index in [0.29, 0.717) is 65.0 Å². The lowest BCUT2D eigenvalue weighted by Crippen LogP contribution is -2.41. The standard InChI is InChI=1S/C23H29N5O4S.C22H26N4O2.C9H11NO4S/c1-13-6-7-18(26-33(5,31)32)17(10-13)23(30)27-9-8-14(2)11-20(27)19-12-21-24-16(4)15(3)22(29)28(21)25-19;1-14-9-10-25(13-20(27)17-7-5-4-6-8-17)19(11-14)18-12-21-23-16(3)15(2)22(28)26(21)24-18;1-6-3-4-8(10-15(2,13)14)7(5-6)9(11)12/h6-7,10,12,14,20,25-26H,8-9,11H2,1-5H3;4-8,12,14,19,24H,9-11,13H2,1-3H3;3-5,10H,1-2H3,(H,11,12). The number of nitrogens with one attached hydrogen (secondary N) is 4. The summed E-state index contributed by atoms with van der Waals surface area (Å²) in [6.45, 7) is 16.9. The number of ketones is 1. The number of fused-ring (bicyclic) bond motifs is 2. The minimum atomic E-state index is -3.55. The van der Waals surface area contributed by atoms with Gasteiger partial charge in [0.15, 0.2) is 17.1 Å². The predicted molar refractivity (Wildman–Crippen MR) is 292 cm³/mol. The second kappa shape index (κ2) is 22.8.